The summed E-state index contributed by atoms with van der Waals surface area (Å²) < 4.78 is 11.7. The molecule has 0 aliphatic carbocycles. The van der Waals surface area contributed by atoms with Gasteiger partial charge < -0.3 is 14.8 Å². The first-order valence-corrected chi connectivity index (χ1v) is 11.0. The number of nitrogens with one attached hydrogen (secondary N) is 1. The largest absolute Gasteiger partial charge is 0.491 e. The van der Waals surface area contributed by atoms with Crippen molar-refractivity contribution in [3.63, 3.8) is 0 Å². The van der Waals surface area contributed by atoms with Gasteiger partial charge in [0, 0.05) is 35.8 Å². The second-order valence-electron chi connectivity index (χ2n) is 8.34. The Labute approximate surface area is 189 Å². The summed E-state index contributed by atoms with van der Waals surface area (Å²) in [6, 6.07) is 13.3. The number of nitrogens with zero attached hydrogens (tertiary/aromatic N) is 2. The minimum atomic E-state index is -0.173. The van der Waals surface area contributed by atoms with E-state index in [1.807, 2.05) is 63.4 Å². The fourth-order valence-corrected chi connectivity index (χ4v) is 3.66. The molecule has 2 aromatic heterocycles. The number of ether oxygens (including phenoxy) is 2. The van der Waals surface area contributed by atoms with Crippen LogP contribution in [0.1, 0.15) is 53.0 Å². The number of aromatic nitrogens is 2. The van der Waals surface area contributed by atoms with Gasteiger partial charge in [-0.3, -0.25) is 14.8 Å². The van der Waals surface area contributed by atoms with Crippen LogP contribution in [0, 0.1) is 13.8 Å². The van der Waals surface area contributed by atoms with E-state index in [1.54, 1.807) is 12.3 Å². The number of carbonyl (C=O) groups is 1. The Bertz CT molecular complexity index is 1060. The Balaban J connectivity index is 1.57. The van der Waals surface area contributed by atoms with Crippen LogP contribution in [0.2, 0.25) is 0 Å². The van der Waals surface area contributed by atoms with Crippen molar-refractivity contribution in [1.29, 1.82) is 0 Å². The standard InChI is InChI=1S/C26H29N3O3/c1-17-6-9-25(28-14-17)21-11-22(13-24(12-21)32-16-23-5-4-10-31-23)26(30)29-19(3)20-8-7-18(2)27-15-20/h6-9,11-15,19,23H,4-5,10,16H2,1-3H3,(H,29,30). The third-order valence-electron chi connectivity index (χ3n) is 5.62. The van der Waals surface area contributed by atoms with E-state index in [0.29, 0.717) is 17.9 Å². The normalized spacial score (nSPS) is 16.5. The smallest absolute Gasteiger partial charge is 0.251 e. The van der Waals surface area contributed by atoms with Gasteiger partial charge >= 0.3 is 0 Å². The summed E-state index contributed by atoms with van der Waals surface area (Å²) in [7, 11) is 0. The van der Waals surface area contributed by atoms with Gasteiger partial charge in [0.15, 0.2) is 0 Å². The molecule has 2 unspecified atom stereocenters. The number of hydrogen-bond donors (Lipinski definition) is 1. The number of benzene rings is 1. The molecule has 3 heterocycles. The molecule has 166 valence electrons. The van der Waals surface area contributed by atoms with Gasteiger partial charge in [-0.15, -0.1) is 0 Å². The quantitative estimate of drug-likeness (QED) is 0.581. The van der Waals surface area contributed by atoms with Crippen LogP contribution in [0.3, 0.4) is 0 Å². The SMILES string of the molecule is Cc1ccc(-c2cc(OCC3CCCO3)cc(C(=O)NC(C)c3ccc(C)nc3)c2)nc1. The van der Waals surface area contributed by atoms with E-state index in [4.69, 9.17) is 9.47 Å². The number of aryl methyl sites for hydroxylation is 2. The molecule has 2 atom stereocenters. The summed E-state index contributed by atoms with van der Waals surface area (Å²) in [5.74, 6) is 0.462. The summed E-state index contributed by atoms with van der Waals surface area (Å²) in [6.45, 7) is 7.14. The van der Waals surface area contributed by atoms with Crippen molar-refractivity contribution in [2.75, 3.05) is 13.2 Å². The Morgan fingerprint density at radius 2 is 2.03 bits per heavy atom. The van der Waals surface area contributed by atoms with Crippen LogP contribution < -0.4 is 10.1 Å². The molecule has 0 spiro atoms. The van der Waals surface area contributed by atoms with Crippen LogP contribution in [-0.4, -0.2) is 35.2 Å². The number of carbonyl (C=O) groups excluding carboxylic acids is 1. The molecule has 4 rings (SSSR count). The third-order valence-corrected chi connectivity index (χ3v) is 5.62. The van der Waals surface area contributed by atoms with Gasteiger partial charge in [-0.1, -0.05) is 12.1 Å². The molecular weight excluding hydrogens is 402 g/mol. The predicted octanol–water partition coefficient (Wildman–Crippen LogP) is 4.81. The van der Waals surface area contributed by atoms with Crippen LogP contribution in [0.25, 0.3) is 11.3 Å². The van der Waals surface area contributed by atoms with Crippen LogP contribution in [0.5, 0.6) is 5.75 Å². The molecule has 1 N–H and O–H groups in total. The summed E-state index contributed by atoms with van der Waals surface area (Å²) in [4.78, 5) is 22.0. The summed E-state index contributed by atoms with van der Waals surface area (Å²) in [5, 5.41) is 3.06. The number of amides is 1. The average Bonchev–Trinajstić information content (AvgIpc) is 3.32. The zero-order valence-electron chi connectivity index (χ0n) is 18.8. The van der Waals surface area contributed by atoms with E-state index in [9.17, 15) is 4.79 Å². The lowest BCUT2D eigenvalue weighted by molar-refractivity contribution is 0.0679. The Morgan fingerprint density at radius 3 is 2.72 bits per heavy atom. The third kappa shape index (κ3) is 5.51. The number of pyridine rings is 2. The van der Waals surface area contributed by atoms with Crippen molar-refractivity contribution < 1.29 is 14.3 Å². The van der Waals surface area contributed by atoms with E-state index in [-0.39, 0.29) is 18.1 Å². The first-order valence-electron chi connectivity index (χ1n) is 11.0. The highest BCUT2D eigenvalue weighted by molar-refractivity contribution is 5.96. The lowest BCUT2D eigenvalue weighted by Gasteiger charge is -2.17. The highest BCUT2D eigenvalue weighted by Crippen LogP contribution is 2.27. The molecule has 0 radical (unpaired) electrons. The fourth-order valence-electron chi connectivity index (χ4n) is 3.66. The van der Waals surface area contributed by atoms with Gasteiger partial charge in [-0.2, -0.15) is 0 Å². The summed E-state index contributed by atoms with van der Waals surface area (Å²) in [5.41, 5.74) is 5.14. The number of hydrogen-bond acceptors (Lipinski definition) is 5. The van der Waals surface area contributed by atoms with Crippen molar-refractivity contribution in [1.82, 2.24) is 15.3 Å². The van der Waals surface area contributed by atoms with E-state index in [0.717, 1.165) is 47.5 Å². The van der Waals surface area contributed by atoms with Crippen molar-refractivity contribution in [3.05, 3.63) is 77.2 Å². The Morgan fingerprint density at radius 1 is 1.16 bits per heavy atom. The molecule has 1 aliphatic rings. The monoisotopic (exact) mass is 431 g/mol. The summed E-state index contributed by atoms with van der Waals surface area (Å²) >= 11 is 0. The molecule has 3 aromatic rings. The van der Waals surface area contributed by atoms with Crippen molar-refractivity contribution in [3.8, 4) is 17.0 Å². The molecule has 1 fully saturated rings. The lowest BCUT2D eigenvalue weighted by atomic mass is 10.0. The molecule has 0 bridgehead atoms. The molecule has 0 saturated carbocycles. The highest BCUT2D eigenvalue weighted by atomic mass is 16.5. The first kappa shape index (κ1) is 22.0. The Hall–Kier alpha value is -3.25. The van der Waals surface area contributed by atoms with E-state index in [2.05, 4.69) is 15.3 Å². The van der Waals surface area contributed by atoms with Crippen molar-refractivity contribution in [2.45, 2.75) is 45.8 Å². The second kappa shape index (κ2) is 9.92. The molecule has 6 nitrogen and oxygen atoms in total. The van der Waals surface area contributed by atoms with Crippen LogP contribution in [0.4, 0.5) is 0 Å². The Kier molecular flexibility index (Phi) is 6.81. The lowest BCUT2D eigenvalue weighted by Crippen LogP contribution is -2.27. The molecule has 1 amide bonds. The van der Waals surface area contributed by atoms with Crippen molar-refractivity contribution in [2.24, 2.45) is 0 Å². The minimum absolute atomic E-state index is 0.0995. The number of rotatable bonds is 7. The van der Waals surface area contributed by atoms with E-state index < -0.39 is 0 Å². The fraction of sp³-hybridized carbons (Fsp3) is 0.346. The maximum atomic E-state index is 13.1. The zero-order chi connectivity index (χ0) is 22.5. The second-order valence-corrected chi connectivity index (χ2v) is 8.34. The molecular formula is C26H29N3O3. The van der Waals surface area contributed by atoms with Gasteiger partial charge in [-0.05, 0) is 75.1 Å². The van der Waals surface area contributed by atoms with E-state index in [1.165, 1.54) is 0 Å². The molecule has 1 saturated heterocycles. The van der Waals surface area contributed by atoms with Crippen LogP contribution in [-0.2, 0) is 4.74 Å². The van der Waals surface area contributed by atoms with Gasteiger partial charge in [0.2, 0.25) is 0 Å². The topological polar surface area (TPSA) is 73.3 Å². The molecule has 6 heteroatoms. The predicted molar refractivity (Wildman–Crippen MR) is 124 cm³/mol. The maximum Gasteiger partial charge on any atom is 0.251 e. The van der Waals surface area contributed by atoms with E-state index >= 15 is 0 Å². The molecule has 1 aliphatic heterocycles. The molecule has 32 heavy (non-hydrogen) atoms. The first-order chi connectivity index (χ1) is 15.5. The van der Waals surface area contributed by atoms with Crippen LogP contribution >= 0.6 is 0 Å². The van der Waals surface area contributed by atoms with Gasteiger partial charge in [0.25, 0.3) is 5.91 Å². The maximum absolute atomic E-state index is 13.1. The zero-order valence-corrected chi connectivity index (χ0v) is 18.8. The molecule has 1 aromatic carbocycles. The van der Waals surface area contributed by atoms with Gasteiger partial charge in [0.1, 0.15) is 12.4 Å². The average molecular weight is 432 g/mol. The van der Waals surface area contributed by atoms with Gasteiger partial charge in [-0.25, -0.2) is 0 Å². The highest BCUT2D eigenvalue weighted by Gasteiger charge is 2.18. The van der Waals surface area contributed by atoms with Gasteiger partial charge in [0.05, 0.1) is 17.8 Å². The van der Waals surface area contributed by atoms with Crippen molar-refractivity contribution >= 4 is 5.91 Å². The minimum Gasteiger partial charge on any atom is -0.491 e. The summed E-state index contributed by atoms with van der Waals surface area (Å²) in [6.07, 6.45) is 5.77. The van der Waals surface area contributed by atoms with Crippen LogP contribution in [0.15, 0.2) is 54.9 Å².